The number of hydrogen-bond donors (Lipinski definition) is 1. The van der Waals surface area contributed by atoms with Crippen LogP contribution in [0.15, 0.2) is 24.3 Å². The second-order valence-electron chi connectivity index (χ2n) is 7.45. The van der Waals surface area contributed by atoms with Crippen LogP contribution in [0.2, 0.25) is 0 Å². The van der Waals surface area contributed by atoms with E-state index in [1.807, 2.05) is 12.1 Å². The van der Waals surface area contributed by atoms with E-state index < -0.39 is 0 Å². The average molecular weight is 345 g/mol. The van der Waals surface area contributed by atoms with Crippen molar-refractivity contribution in [3.05, 3.63) is 24.3 Å². The van der Waals surface area contributed by atoms with Gasteiger partial charge in [-0.25, -0.2) is 0 Å². The molecule has 2 saturated heterocycles. The van der Waals surface area contributed by atoms with Crippen LogP contribution in [0.25, 0.3) is 0 Å². The second-order valence-corrected chi connectivity index (χ2v) is 7.45. The van der Waals surface area contributed by atoms with Gasteiger partial charge in [-0.15, -0.1) is 0 Å². The van der Waals surface area contributed by atoms with Crippen LogP contribution >= 0.6 is 0 Å². The number of nitrogens with one attached hydrogen (secondary N) is 1. The zero-order valence-corrected chi connectivity index (χ0v) is 15.5. The van der Waals surface area contributed by atoms with E-state index in [0.29, 0.717) is 6.54 Å². The van der Waals surface area contributed by atoms with Crippen molar-refractivity contribution in [1.29, 1.82) is 0 Å². The van der Waals surface area contributed by atoms with E-state index in [-0.39, 0.29) is 18.1 Å². The highest BCUT2D eigenvalue weighted by molar-refractivity contribution is 5.92. The van der Waals surface area contributed by atoms with E-state index in [1.165, 1.54) is 31.4 Å². The number of nitrogens with zero attached hydrogens (tertiary/aromatic N) is 2. The van der Waals surface area contributed by atoms with Crippen molar-refractivity contribution in [2.45, 2.75) is 51.7 Å². The van der Waals surface area contributed by atoms with Crippen LogP contribution in [-0.2, 0) is 9.53 Å². The molecule has 1 amide bonds. The van der Waals surface area contributed by atoms with Crippen LogP contribution in [0.4, 0.5) is 11.4 Å². The van der Waals surface area contributed by atoms with Gasteiger partial charge < -0.3 is 15.0 Å². The van der Waals surface area contributed by atoms with Crippen molar-refractivity contribution in [2.24, 2.45) is 0 Å². The lowest BCUT2D eigenvalue weighted by molar-refractivity contribution is -0.121. The lowest BCUT2D eigenvalue weighted by Crippen LogP contribution is -2.48. The Morgan fingerprint density at radius 2 is 1.64 bits per heavy atom. The lowest BCUT2D eigenvalue weighted by Gasteiger charge is -2.34. The van der Waals surface area contributed by atoms with Crippen LogP contribution in [0.5, 0.6) is 0 Å². The molecule has 2 atom stereocenters. The molecule has 0 aliphatic carbocycles. The van der Waals surface area contributed by atoms with Gasteiger partial charge in [0.05, 0.1) is 18.8 Å². The van der Waals surface area contributed by atoms with Crippen LogP contribution in [0.3, 0.4) is 0 Å². The first-order valence-corrected chi connectivity index (χ1v) is 9.63. The Balaban J connectivity index is 1.51. The van der Waals surface area contributed by atoms with Crippen molar-refractivity contribution in [3.8, 4) is 0 Å². The van der Waals surface area contributed by atoms with E-state index in [4.69, 9.17) is 4.74 Å². The van der Waals surface area contributed by atoms with E-state index in [9.17, 15) is 4.79 Å². The summed E-state index contributed by atoms with van der Waals surface area (Å²) in [7, 11) is 0. The summed E-state index contributed by atoms with van der Waals surface area (Å²) in [6, 6.07) is 8.28. The highest BCUT2D eigenvalue weighted by Crippen LogP contribution is 2.21. The number of rotatable bonds is 4. The molecule has 1 N–H and O–H groups in total. The van der Waals surface area contributed by atoms with Gasteiger partial charge in [0.2, 0.25) is 5.91 Å². The molecule has 0 aromatic heterocycles. The number of hydrogen-bond acceptors (Lipinski definition) is 4. The fraction of sp³-hybridized carbons (Fsp3) is 0.650. The highest BCUT2D eigenvalue weighted by atomic mass is 16.5. The number of carbonyl (C=O) groups is 1. The number of carbonyl (C=O) groups excluding carboxylic acids is 1. The molecule has 3 rings (SSSR count). The van der Waals surface area contributed by atoms with Crippen molar-refractivity contribution in [3.63, 3.8) is 0 Å². The molecule has 2 heterocycles. The maximum atomic E-state index is 12.3. The number of anilines is 2. The monoisotopic (exact) mass is 345 g/mol. The first-order chi connectivity index (χ1) is 12.1. The normalized spacial score (nSPS) is 25.4. The van der Waals surface area contributed by atoms with Crippen LogP contribution in [0, 0.1) is 0 Å². The maximum absolute atomic E-state index is 12.3. The van der Waals surface area contributed by atoms with Gasteiger partial charge in [-0.2, -0.15) is 0 Å². The Hall–Kier alpha value is -1.59. The standard InChI is InChI=1S/C20H31N3O2/c1-16-13-22(14-17(2)25-16)15-20(24)21-18-7-9-19(10-8-18)23-11-5-3-4-6-12-23/h7-10,16-17H,3-6,11-15H2,1-2H3,(H,21,24)/t16-,17+. The third-order valence-corrected chi connectivity index (χ3v) is 4.98. The van der Waals surface area contributed by atoms with Crippen LogP contribution in [0.1, 0.15) is 39.5 Å². The largest absolute Gasteiger partial charge is 0.373 e. The Morgan fingerprint density at radius 1 is 1.04 bits per heavy atom. The van der Waals surface area contributed by atoms with Crippen LogP contribution in [-0.4, -0.2) is 55.7 Å². The van der Waals surface area contributed by atoms with Crippen molar-refractivity contribution < 1.29 is 9.53 Å². The number of morpholine rings is 1. The van der Waals surface area contributed by atoms with Gasteiger partial charge in [-0.1, -0.05) is 12.8 Å². The summed E-state index contributed by atoms with van der Waals surface area (Å²) in [5.74, 6) is 0.0452. The zero-order chi connectivity index (χ0) is 17.6. The van der Waals surface area contributed by atoms with Gasteiger partial charge in [0.1, 0.15) is 0 Å². The first kappa shape index (κ1) is 18.2. The van der Waals surface area contributed by atoms with Crippen molar-refractivity contribution in [1.82, 2.24) is 4.90 Å². The fourth-order valence-electron chi connectivity index (χ4n) is 3.90. The maximum Gasteiger partial charge on any atom is 0.238 e. The summed E-state index contributed by atoms with van der Waals surface area (Å²) in [4.78, 5) is 16.9. The van der Waals surface area contributed by atoms with Crippen molar-refractivity contribution in [2.75, 3.05) is 42.9 Å². The summed E-state index contributed by atoms with van der Waals surface area (Å²) < 4.78 is 5.72. The fourth-order valence-corrected chi connectivity index (χ4v) is 3.90. The molecule has 0 spiro atoms. The third-order valence-electron chi connectivity index (χ3n) is 4.98. The minimum Gasteiger partial charge on any atom is -0.373 e. The molecule has 0 radical (unpaired) electrons. The molecule has 2 aliphatic rings. The molecule has 0 saturated carbocycles. The Kier molecular flexibility index (Phi) is 6.32. The molecule has 0 bridgehead atoms. The lowest BCUT2D eigenvalue weighted by atomic mass is 10.2. The van der Waals surface area contributed by atoms with Crippen LogP contribution < -0.4 is 10.2 Å². The zero-order valence-electron chi connectivity index (χ0n) is 15.5. The molecule has 138 valence electrons. The highest BCUT2D eigenvalue weighted by Gasteiger charge is 2.23. The Labute approximate surface area is 151 Å². The van der Waals surface area contributed by atoms with Crippen molar-refractivity contribution >= 4 is 17.3 Å². The smallest absolute Gasteiger partial charge is 0.238 e. The molecule has 25 heavy (non-hydrogen) atoms. The second kappa shape index (κ2) is 8.68. The molecule has 2 aliphatic heterocycles. The molecule has 2 fully saturated rings. The summed E-state index contributed by atoms with van der Waals surface area (Å²) in [6.07, 6.45) is 5.59. The SMILES string of the molecule is C[C@@H]1CN(CC(=O)Nc2ccc(N3CCCCCC3)cc2)C[C@H](C)O1. The van der Waals surface area contributed by atoms with Gasteiger partial charge in [0.15, 0.2) is 0 Å². The summed E-state index contributed by atoms with van der Waals surface area (Å²) in [5.41, 5.74) is 2.13. The summed E-state index contributed by atoms with van der Waals surface area (Å²) >= 11 is 0. The summed E-state index contributed by atoms with van der Waals surface area (Å²) in [5, 5.41) is 3.02. The predicted molar refractivity (Wildman–Crippen MR) is 102 cm³/mol. The van der Waals surface area contributed by atoms with E-state index in [2.05, 4.69) is 41.1 Å². The predicted octanol–water partition coefficient (Wildman–Crippen LogP) is 3.11. The minimum absolute atomic E-state index is 0.0452. The minimum atomic E-state index is 0.0452. The number of ether oxygens (including phenoxy) is 1. The quantitative estimate of drug-likeness (QED) is 0.911. The van der Waals surface area contributed by atoms with E-state index in [0.717, 1.165) is 31.9 Å². The molecule has 1 aromatic carbocycles. The molecular weight excluding hydrogens is 314 g/mol. The van der Waals surface area contributed by atoms with E-state index >= 15 is 0 Å². The Morgan fingerprint density at radius 3 is 2.24 bits per heavy atom. The van der Waals surface area contributed by atoms with Gasteiger partial charge in [0.25, 0.3) is 0 Å². The number of amides is 1. The van der Waals surface area contributed by atoms with E-state index in [1.54, 1.807) is 0 Å². The Bertz CT molecular complexity index is 543. The average Bonchev–Trinajstić information content (AvgIpc) is 2.83. The molecule has 1 aromatic rings. The van der Waals surface area contributed by atoms with Gasteiger partial charge in [0, 0.05) is 37.6 Å². The third kappa shape index (κ3) is 5.44. The number of benzene rings is 1. The topological polar surface area (TPSA) is 44.8 Å². The summed E-state index contributed by atoms with van der Waals surface area (Å²) in [6.45, 7) is 8.44. The van der Waals surface area contributed by atoms with Gasteiger partial charge in [-0.05, 0) is 51.0 Å². The van der Waals surface area contributed by atoms with Gasteiger partial charge >= 0.3 is 0 Å². The molecule has 0 unspecified atom stereocenters. The first-order valence-electron chi connectivity index (χ1n) is 9.63. The molecular formula is C20H31N3O2. The molecule has 5 nitrogen and oxygen atoms in total. The molecule has 5 heteroatoms. The van der Waals surface area contributed by atoms with Gasteiger partial charge in [-0.3, -0.25) is 9.69 Å².